The van der Waals surface area contributed by atoms with Crippen LogP contribution in [0.4, 0.5) is 13.2 Å². The van der Waals surface area contributed by atoms with Gasteiger partial charge in [0.1, 0.15) is 0 Å². The molecule has 0 radical (unpaired) electrons. The maximum Gasteiger partial charge on any atom is 0.392 e. The second-order valence-electron chi connectivity index (χ2n) is 4.92. The van der Waals surface area contributed by atoms with Gasteiger partial charge in [-0.25, -0.2) is 5.43 Å². The molecule has 2 N–H and O–H groups in total. The topological polar surface area (TPSA) is 24.1 Å². The lowest BCUT2D eigenvalue weighted by molar-refractivity contribution is -0.127. The molecule has 1 unspecified atom stereocenters. The van der Waals surface area contributed by atoms with Gasteiger partial charge in [-0.3, -0.25) is 0 Å². The van der Waals surface area contributed by atoms with Crippen LogP contribution in [-0.2, 0) is 0 Å². The van der Waals surface area contributed by atoms with E-state index in [9.17, 15) is 13.2 Å². The summed E-state index contributed by atoms with van der Waals surface area (Å²) in [4.78, 5) is 0.781. The molecule has 0 spiro atoms. The molecule has 0 bridgehead atoms. The third-order valence-corrected chi connectivity index (χ3v) is 4.51. The predicted octanol–water partition coefficient (Wildman–Crippen LogP) is 4.91. The lowest BCUT2D eigenvalue weighted by atomic mass is 9.96. The summed E-state index contributed by atoms with van der Waals surface area (Å²) >= 11 is 7.25. The van der Waals surface area contributed by atoms with Gasteiger partial charge >= 0.3 is 6.18 Å². The van der Waals surface area contributed by atoms with Crippen molar-refractivity contribution in [2.75, 3.05) is 0 Å². The zero-order chi connectivity index (χ0) is 15.7. The van der Waals surface area contributed by atoms with Crippen LogP contribution >= 0.6 is 22.9 Å². The Morgan fingerprint density at radius 3 is 2.45 bits per heavy atom. The maximum absolute atomic E-state index is 13.0. The molecule has 116 valence electrons. The Hall–Kier alpha value is -1.50. The summed E-state index contributed by atoms with van der Waals surface area (Å²) < 4.78 is 38.9. The van der Waals surface area contributed by atoms with Gasteiger partial charge in [-0.1, -0.05) is 29.8 Å². The van der Waals surface area contributed by atoms with Gasteiger partial charge in [-0.15, -0.1) is 11.3 Å². The van der Waals surface area contributed by atoms with E-state index in [0.717, 1.165) is 10.4 Å². The van der Waals surface area contributed by atoms with Crippen molar-refractivity contribution in [2.45, 2.75) is 18.6 Å². The average molecular weight is 345 g/mol. The molecule has 2 aromatic rings. The first-order valence-corrected chi connectivity index (χ1v) is 7.80. The molecule has 3 rings (SSSR count). The van der Waals surface area contributed by atoms with Crippen molar-refractivity contribution in [2.24, 2.45) is 0 Å². The Labute approximate surface area is 134 Å². The SMILES string of the molecule is FC(F)(F)CC1=C(c2cccs2)NNC1c1ccc(Cl)cc1. The summed E-state index contributed by atoms with van der Waals surface area (Å²) in [5, 5.41) is 2.39. The molecule has 22 heavy (non-hydrogen) atoms. The van der Waals surface area contributed by atoms with E-state index in [1.54, 1.807) is 30.3 Å². The van der Waals surface area contributed by atoms with Crippen LogP contribution in [0.15, 0.2) is 47.4 Å². The average Bonchev–Trinajstić information content (AvgIpc) is 3.07. The molecule has 1 aromatic carbocycles. The van der Waals surface area contributed by atoms with Crippen molar-refractivity contribution in [1.82, 2.24) is 10.9 Å². The number of halogens is 4. The molecule has 1 aliphatic heterocycles. The fourth-order valence-corrected chi connectivity index (χ4v) is 3.33. The molecule has 2 heterocycles. The highest BCUT2D eigenvalue weighted by Gasteiger charge is 2.37. The summed E-state index contributed by atoms with van der Waals surface area (Å²) in [6.07, 6.45) is -5.23. The molecule has 7 heteroatoms. The second-order valence-corrected chi connectivity index (χ2v) is 6.31. The molecule has 1 aliphatic rings. The van der Waals surface area contributed by atoms with Gasteiger partial charge in [0.05, 0.1) is 23.0 Å². The van der Waals surface area contributed by atoms with Crippen molar-refractivity contribution in [3.8, 4) is 0 Å². The highest BCUT2D eigenvalue weighted by Crippen LogP contribution is 2.40. The van der Waals surface area contributed by atoms with Gasteiger partial charge in [-0.2, -0.15) is 13.2 Å². The minimum atomic E-state index is -4.27. The quantitative estimate of drug-likeness (QED) is 0.826. The highest BCUT2D eigenvalue weighted by atomic mass is 35.5. The number of thiophene rings is 1. The molecule has 1 aromatic heterocycles. The zero-order valence-corrected chi connectivity index (χ0v) is 12.8. The smallest absolute Gasteiger partial charge is 0.319 e. The first-order chi connectivity index (χ1) is 10.4. The Bertz CT molecular complexity index is 678. The zero-order valence-electron chi connectivity index (χ0n) is 11.2. The summed E-state index contributed by atoms with van der Waals surface area (Å²) in [5.74, 6) is 0. The van der Waals surface area contributed by atoms with Crippen molar-refractivity contribution < 1.29 is 13.2 Å². The molecular formula is C15H12ClF3N2S. The Morgan fingerprint density at radius 1 is 1.14 bits per heavy atom. The van der Waals surface area contributed by atoms with Gasteiger partial charge < -0.3 is 5.43 Å². The normalized spacial score (nSPS) is 18.6. The number of benzene rings is 1. The number of hydrazine groups is 1. The minimum absolute atomic E-state index is 0.289. The number of hydrogen-bond donors (Lipinski definition) is 2. The van der Waals surface area contributed by atoms with E-state index < -0.39 is 18.6 Å². The lowest BCUT2D eigenvalue weighted by Gasteiger charge is -2.16. The Kier molecular flexibility index (Phi) is 4.16. The van der Waals surface area contributed by atoms with E-state index in [1.165, 1.54) is 11.3 Å². The lowest BCUT2D eigenvalue weighted by Crippen LogP contribution is -2.27. The van der Waals surface area contributed by atoms with Crippen LogP contribution in [0.1, 0.15) is 22.9 Å². The number of nitrogens with one attached hydrogen (secondary N) is 2. The van der Waals surface area contributed by atoms with Gasteiger partial charge in [0, 0.05) is 5.02 Å². The van der Waals surface area contributed by atoms with Gasteiger partial charge in [0.15, 0.2) is 0 Å². The highest BCUT2D eigenvalue weighted by molar-refractivity contribution is 7.11. The van der Waals surface area contributed by atoms with E-state index in [1.807, 2.05) is 11.4 Å². The van der Waals surface area contributed by atoms with Crippen LogP contribution in [0, 0.1) is 0 Å². The fraction of sp³-hybridized carbons (Fsp3) is 0.200. The molecule has 1 atom stereocenters. The summed E-state index contributed by atoms with van der Waals surface area (Å²) in [6.45, 7) is 0. The maximum atomic E-state index is 13.0. The van der Waals surface area contributed by atoms with Gasteiger partial charge in [0.2, 0.25) is 0 Å². The molecule has 0 saturated carbocycles. The van der Waals surface area contributed by atoms with Crippen LogP contribution in [0.2, 0.25) is 5.02 Å². The van der Waals surface area contributed by atoms with Crippen molar-refractivity contribution in [3.05, 3.63) is 62.8 Å². The van der Waals surface area contributed by atoms with Crippen molar-refractivity contribution >= 4 is 28.6 Å². The number of hydrogen-bond acceptors (Lipinski definition) is 3. The molecule has 0 fully saturated rings. The predicted molar refractivity (Wildman–Crippen MR) is 82.4 cm³/mol. The van der Waals surface area contributed by atoms with Crippen LogP contribution in [0.5, 0.6) is 0 Å². The van der Waals surface area contributed by atoms with E-state index in [2.05, 4.69) is 10.9 Å². The molecule has 0 amide bonds. The fourth-order valence-electron chi connectivity index (χ4n) is 2.44. The van der Waals surface area contributed by atoms with Crippen LogP contribution in [0.25, 0.3) is 5.70 Å². The van der Waals surface area contributed by atoms with Crippen LogP contribution < -0.4 is 10.9 Å². The standard InChI is InChI=1S/C15H12ClF3N2S/c16-10-5-3-9(4-6-10)13-11(8-15(17,18)19)14(21-20-13)12-2-1-7-22-12/h1-7,13,20-21H,8H2. The second kappa shape index (κ2) is 5.95. The molecule has 2 nitrogen and oxygen atoms in total. The van der Waals surface area contributed by atoms with E-state index >= 15 is 0 Å². The molecule has 0 saturated heterocycles. The number of rotatable bonds is 3. The first-order valence-electron chi connectivity index (χ1n) is 6.55. The minimum Gasteiger partial charge on any atom is -0.319 e. The van der Waals surface area contributed by atoms with E-state index in [0.29, 0.717) is 10.7 Å². The Morgan fingerprint density at radius 2 is 1.86 bits per heavy atom. The van der Waals surface area contributed by atoms with Crippen molar-refractivity contribution in [3.63, 3.8) is 0 Å². The van der Waals surface area contributed by atoms with Crippen LogP contribution in [-0.4, -0.2) is 6.18 Å². The largest absolute Gasteiger partial charge is 0.392 e. The first kappa shape index (κ1) is 15.4. The molecular weight excluding hydrogens is 333 g/mol. The van der Waals surface area contributed by atoms with Crippen molar-refractivity contribution in [1.29, 1.82) is 0 Å². The van der Waals surface area contributed by atoms with Gasteiger partial charge in [0.25, 0.3) is 0 Å². The summed E-state index contributed by atoms with van der Waals surface area (Å²) in [5.41, 5.74) is 7.38. The van der Waals surface area contributed by atoms with E-state index in [4.69, 9.17) is 11.6 Å². The third kappa shape index (κ3) is 3.29. The summed E-state index contributed by atoms with van der Waals surface area (Å²) in [7, 11) is 0. The molecule has 0 aliphatic carbocycles. The third-order valence-electron chi connectivity index (χ3n) is 3.37. The van der Waals surface area contributed by atoms with Gasteiger partial charge in [-0.05, 0) is 34.7 Å². The van der Waals surface area contributed by atoms with Crippen LogP contribution in [0.3, 0.4) is 0 Å². The van der Waals surface area contributed by atoms with E-state index in [-0.39, 0.29) is 5.57 Å². The Balaban J connectivity index is 2.01. The monoisotopic (exact) mass is 344 g/mol. The summed E-state index contributed by atoms with van der Waals surface area (Å²) in [6, 6.07) is 9.89. The number of alkyl halides is 3.